The van der Waals surface area contributed by atoms with Gasteiger partial charge >= 0.3 is 0 Å². The molecule has 20 heavy (non-hydrogen) atoms. The highest BCUT2D eigenvalue weighted by molar-refractivity contribution is 5.98. The van der Waals surface area contributed by atoms with Crippen LogP contribution in [0, 0.1) is 15.9 Å². The molecule has 6 nitrogen and oxygen atoms in total. The fourth-order valence-electron chi connectivity index (χ4n) is 2.37. The maximum atomic E-state index is 13.0. The van der Waals surface area contributed by atoms with E-state index >= 15 is 0 Å². The second-order valence-corrected chi connectivity index (χ2v) is 4.97. The summed E-state index contributed by atoms with van der Waals surface area (Å²) in [6.07, 6.45) is 1.53. The second-order valence-electron chi connectivity index (χ2n) is 4.97. The summed E-state index contributed by atoms with van der Waals surface area (Å²) in [4.78, 5) is 22.2. The Balaban J connectivity index is 2.14. The van der Waals surface area contributed by atoms with Gasteiger partial charge in [0.25, 0.3) is 11.6 Å². The lowest BCUT2D eigenvalue weighted by Crippen LogP contribution is -2.46. The Morgan fingerprint density at radius 2 is 2.30 bits per heavy atom. The molecule has 2 atom stereocenters. The largest absolute Gasteiger partial charge is 0.349 e. The highest BCUT2D eigenvalue weighted by Crippen LogP contribution is 2.20. The number of nitro benzene ring substituents is 1. The molecule has 2 N–H and O–H groups in total. The summed E-state index contributed by atoms with van der Waals surface area (Å²) in [6, 6.07) is 3.22. The van der Waals surface area contributed by atoms with Crippen molar-refractivity contribution in [2.75, 3.05) is 6.54 Å². The number of carbonyl (C=O) groups excluding carboxylic acids is 1. The van der Waals surface area contributed by atoms with Crippen LogP contribution in [0.2, 0.25) is 0 Å². The van der Waals surface area contributed by atoms with E-state index < -0.39 is 22.3 Å². The van der Waals surface area contributed by atoms with Gasteiger partial charge < -0.3 is 10.6 Å². The van der Waals surface area contributed by atoms with Crippen LogP contribution in [0.25, 0.3) is 0 Å². The van der Waals surface area contributed by atoms with Crippen molar-refractivity contribution in [2.24, 2.45) is 0 Å². The van der Waals surface area contributed by atoms with E-state index in [2.05, 4.69) is 10.6 Å². The molecule has 1 aliphatic heterocycles. The molecule has 1 amide bonds. The highest BCUT2D eigenvalue weighted by atomic mass is 19.1. The minimum atomic E-state index is -0.747. The van der Waals surface area contributed by atoms with E-state index in [9.17, 15) is 19.3 Å². The number of piperidine rings is 1. The minimum Gasteiger partial charge on any atom is -0.349 e. The van der Waals surface area contributed by atoms with Crippen LogP contribution in [0.1, 0.15) is 30.1 Å². The first-order chi connectivity index (χ1) is 9.47. The van der Waals surface area contributed by atoms with Crippen LogP contribution in [-0.4, -0.2) is 29.5 Å². The number of hydrogen-bond donors (Lipinski definition) is 2. The molecule has 0 spiro atoms. The zero-order valence-corrected chi connectivity index (χ0v) is 11.1. The van der Waals surface area contributed by atoms with Crippen LogP contribution < -0.4 is 10.6 Å². The van der Waals surface area contributed by atoms with Crippen molar-refractivity contribution in [3.8, 4) is 0 Å². The number of amides is 1. The number of carbonyl (C=O) groups is 1. The molecule has 0 bridgehead atoms. The first kappa shape index (κ1) is 14.4. The standard InChI is InChI=1S/C13H16FN3O3/c1-8-6-10(4-5-15-8)16-13(18)11-3-2-9(14)7-12(11)17(19)20/h2-3,7-8,10,15H,4-6H2,1H3,(H,16,18). The van der Waals surface area contributed by atoms with Gasteiger partial charge in [0, 0.05) is 12.1 Å². The van der Waals surface area contributed by atoms with Crippen LogP contribution in [0.15, 0.2) is 18.2 Å². The maximum Gasteiger partial charge on any atom is 0.285 e. The molecule has 2 unspecified atom stereocenters. The molecule has 1 aliphatic rings. The summed E-state index contributed by atoms with van der Waals surface area (Å²) >= 11 is 0. The van der Waals surface area contributed by atoms with E-state index in [1.807, 2.05) is 6.92 Å². The number of nitro groups is 1. The van der Waals surface area contributed by atoms with E-state index in [0.717, 1.165) is 37.6 Å². The van der Waals surface area contributed by atoms with E-state index in [1.54, 1.807) is 0 Å². The van der Waals surface area contributed by atoms with Gasteiger partial charge in [-0.15, -0.1) is 0 Å². The third-order valence-electron chi connectivity index (χ3n) is 3.36. The molecule has 0 aliphatic carbocycles. The van der Waals surface area contributed by atoms with Crippen LogP contribution in [0.4, 0.5) is 10.1 Å². The molecule has 0 saturated carbocycles. The van der Waals surface area contributed by atoms with Crippen LogP contribution >= 0.6 is 0 Å². The number of rotatable bonds is 3. The van der Waals surface area contributed by atoms with Crippen molar-refractivity contribution in [3.63, 3.8) is 0 Å². The van der Waals surface area contributed by atoms with Crippen molar-refractivity contribution < 1.29 is 14.1 Å². The molecular formula is C13H16FN3O3. The Morgan fingerprint density at radius 1 is 1.55 bits per heavy atom. The number of halogens is 1. The molecule has 1 heterocycles. The Morgan fingerprint density at radius 3 is 2.95 bits per heavy atom. The lowest BCUT2D eigenvalue weighted by Gasteiger charge is -2.28. The average molecular weight is 281 g/mol. The van der Waals surface area contributed by atoms with Gasteiger partial charge in [-0.1, -0.05) is 0 Å². The Labute approximate surface area is 115 Å². The summed E-state index contributed by atoms with van der Waals surface area (Å²) < 4.78 is 13.0. The molecular weight excluding hydrogens is 265 g/mol. The first-order valence-electron chi connectivity index (χ1n) is 6.45. The minimum absolute atomic E-state index is 0.0246. The third kappa shape index (κ3) is 3.30. The highest BCUT2D eigenvalue weighted by Gasteiger charge is 2.25. The van der Waals surface area contributed by atoms with Crippen LogP contribution in [-0.2, 0) is 0 Å². The molecule has 0 radical (unpaired) electrons. The van der Waals surface area contributed by atoms with E-state index in [4.69, 9.17) is 0 Å². The van der Waals surface area contributed by atoms with Gasteiger partial charge in [-0.05, 0) is 38.4 Å². The number of nitrogens with zero attached hydrogens (tertiary/aromatic N) is 1. The summed E-state index contributed by atoms with van der Waals surface area (Å²) in [5.41, 5.74) is -0.618. The number of nitrogens with one attached hydrogen (secondary N) is 2. The Kier molecular flexibility index (Phi) is 4.29. The lowest BCUT2D eigenvalue weighted by atomic mass is 10.00. The van der Waals surface area contributed by atoms with Crippen molar-refractivity contribution in [2.45, 2.75) is 31.8 Å². The maximum absolute atomic E-state index is 13.0. The molecule has 108 valence electrons. The molecule has 2 rings (SSSR count). The predicted octanol–water partition coefficient (Wildman–Crippen LogP) is 1.60. The molecule has 7 heteroatoms. The first-order valence-corrected chi connectivity index (χ1v) is 6.45. The Bertz CT molecular complexity index is 536. The van der Waals surface area contributed by atoms with Crippen LogP contribution in [0.5, 0.6) is 0 Å². The van der Waals surface area contributed by atoms with Gasteiger partial charge in [-0.25, -0.2) is 4.39 Å². The van der Waals surface area contributed by atoms with Gasteiger partial charge in [0.05, 0.1) is 11.0 Å². The van der Waals surface area contributed by atoms with Gasteiger partial charge in [0.15, 0.2) is 0 Å². The van der Waals surface area contributed by atoms with Crippen molar-refractivity contribution >= 4 is 11.6 Å². The van der Waals surface area contributed by atoms with E-state index in [-0.39, 0.29) is 17.6 Å². The van der Waals surface area contributed by atoms with Crippen LogP contribution in [0.3, 0.4) is 0 Å². The zero-order valence-electron chi connectivity index (χ0n) is 11.1. The molecule has 0 aromatic heterocycles. The monoisotopic (exact) mass is 281 g/mol. The Hall–Kier alpha value is -2.02. The second kappa shape index (κ2) is 5.96. The fourth-order valence-corrected chi connectivity index (χ4v) is 2.37. The number of benzene rings is 1. The third-order valence-corrected chi connectivity index (χ3v) is 3.36. The van der Waals surface area contributed by atoms with Gasteiger partial charge in [0.2, 0.25) is 0 Å². The summed E-state index contributed by atoms with van der Waals surface area (Å²) in [6.45, 7) is 2.80. The smallest absolute Gasteiger partial charge is 0.285 e. The van der Waals surface area contributed by atoms with E-state index in [0.29, 0.717) is 0 Å². The molecule has 1 aromatic rings. The molecule has 1 saturated heterocycles. The molecule has 1 aromatic carbocycles. The van der Waals surface area contributed by atoms with Gasteiger partial charge in [-0.2, -0.15) is 0 Å². The predicted molar refractivity (Wildman–Crippen MR) is 71.0 cm³/mol. The molecule has 1 fully saturated rings. The van der Waals surface area contributed by atoms with Crippen molar-refractivity contribution in [1.82, 2.24) is 10.6 Å². The summed E-state index contributed by atoms with van der Waals surface area (Å²) in [5.74, 6) is -1.26. The lowest BCUT2D eigenvalue weighted by molar-refractivity contribution is -0.385. The zero-order chi connectivity index (χ0) is 14.7. The van der Waals surface area contributed by atoms with E-state index in [1.165, 1.54) is 0 Å². The van der Waals surface area contributed by atoms with Crippen molar-refractivity contribution in [3.05, 3.63) is 39.7 Å². The van der Waals surface area contributed by atoms with Gasteiger partial charge in [0.1, 0.15) is 11.4 Å². The SMILES string of the molecule is CC1CC(NC(=O)c2ccc(F)cc2[N+](=O)[O-])CCN1. The van der Waals surface area contributed by atoms with Crippen molar-refractivity contribution in [1.29, 1.82) is 0 Å². The quantitative estimate of drug-likeness (QED) is 0.651. The van der Waals surface area contributed by atoms with Gasteiger partial charge in [-0.3, -0.25) is 14.9 Å². The fraction of sp³-hybridized carbons (Fsp3) is 0.462. The normalized spacial score (nSPS) is 22.3. The topological polar surface area (TPSA) is 84.3 Å². The number of hydrogen-bond acceptors (Lipinski definition) is 4. The summed E-state index contributed by atoms with van der Waals surface area (Å²) in [7, 11) is 0. The average Bonchev–Trinajstić information content (AvgIpc) is 2.38. The summed E-state index contributed by atoms with van der Waals surface area (Å²) in [5, 5.41) is 16.9.